The van der Waals surface area contributed by atoms with Crippen LogP contribution >= 0.6 is 7.37 Å². The zero-order chi connectivity index (χ0) is 7.33. The molecule has 0 fully saturated rings. The zero-order valence-corrected chi connectivity index (χ0v) is 10.7. The Morgan fingerprint density at radius 2 is 1.50 bits per heavy atom. The SMILES string of the molecule is CCCP(=O)(O)CCC.[Zn]. The van der Waals surface area contributed by atoms with Gasteiger partial charge in [0.15, 0.2) is 0 Å². The van der Waals surface area contributed by atoms with Crippen molar-refractivity contribution < 1.29 is 28.9 Å². The summed E-state index contributed by atoms with van der Waals surface area (Å²) in [6.07, 6.45) is 2.60. The average molecular weight is 216 g/mol. The van der Waals surface area contributed by atoms with Gasteiger partial charge in [0.05, 0.1) is 0 Å². The fraction of sp³-hybridized carbons (Fsp3) is 1.00. The maximum absolute atomic E-state index is 11.0. The van der Waals surface area contributed by atoms with Crippen LogP contribution in [-0.2, 0) is 24.0 Å². The molecule has 0 radical (unpaired) electrons. The summed E-state index contributed by atoms with van der Waals surface area (Å²) in [6, 6.07) is 0. The molecular weight excluding hydrogens is 200 g/mol. The van der Waals surface area contributed by atoms with Crippen LogP contribution in [0.2, 0.25) is 0 Å². The molecule has 0 amide bonds. The van der Waals surface area contributed by atoms with Crippen molar-refractivity contribution in [2.45, 2.75) is 26.7 Å². The maximum atomic E-state index is 11.0. The first-order valence-corrected chi connectivity index (χ1v) is 5.46. The topological polar surface area (TPSA) is 37.3 Å². The van der Waals surface area contributed by atoms with E-state index >= 15 is 0 Å². The second-order valence-electron chi connectivity index (χ2n) is 2.29. The van der Waals surface area contributed by atoms with Crippen molar-refractivity contribution >= 4 is 7.37 Å². The van der Waals surface area contributed by atoms with Gasteiger partial charge in [0, 0.05) is 31.8 Å². The first-order valence-electron chi connectivity index (χ1n) is 3.43. The van der Waals surface area contributed by atoms with Crippen molar-refractivity contribution in [3.63, 3.8) is 0 Å². The number of hydrogen-bond acceptors (Lipinski definition) is 1. The van der Waals surface area contributed by atoms with Crippen LogP contribution in [0.5, 0.6) is 0 Å². The predicted molar refractivity (Wildman–Crippen MR) is 40.1 cm³/mol. The molecule has 0 saturated heterocycles. The first kappa shape index (κ1) is 13.4. The molecule has 1 N–H and O–H groups in total. The van der Waals surface area contributed by atoms with Gasteiger partial charge >= 0.3 is 0 Å². The first-order chi connectivity index (χ1) is 4.12. The van der Waals surface area contributed by atoms with Crippen LogP contribution in [0.1, 0.15) is 26.7 Å². The molecule has 0 unspecified atom stereocenters. The van der Waals surface area contributed by atoms with Crippen molar-refractivity contribution in [2.24, 2.45) is 0 Å². The van der Waals surface area contributed by atoms with E-state index in [-0.39, 0.29) is 19.5 Å². The summed E-state index contributed by atoms with van der Waals surface area (Å²) in [5, 5.41) is 0. The van der Waals surface area contributed by atoms with Gasteiger partial charge in [-0.2, -0.15) is 0 Å². The summed E-state index contributed by atoms with van der Waals surface area (Å²) in [7, 11) is -2.69. The van der Waals surface area contributed by atoms with Crippen molar-refractivity contribution in [3.05, 3.63) is 0 Å². The summed E-state index contributed by atoms with van der Waals surface area (Å²) in [6.45, 7) is 3.86. The Labute approximate surface area is 75.6 Å². The molecular formula is C6H15O2PZn. The van der Waals surface area contributed by atoms with Crippen molar-refractivity contribution in [2.75, 3.05) is 12.3 Å². The Bertz CT molecular complexity index is 106. The molecule has 0 spiro atoms. The number of rotatable bonds is 4. The Kier molecular flexibility index (Phi) is 8.74. The summed E-state index contributed by atoms with van der Waals surface area (Å²) >= 11 is 0. The minimum Gasteiger partial charge on any atom is -0.344 e. The molecule has 0 aliphatic carbocycles. The molecule has 0 aromatic rings. The van der Waals surface area contributed by atoms with Gasteiger partial charge in [0.2, 0.25) is 7.37 Å². The third kappa shape index (κ3) is 6.93. The van der Waals surface area contributed by atoms with Gasteiger partial charge in [-0.15, -0.1) is 0 Å². The minimum atomic E-state index is -2.69. The van der Waals surface area contributed by atoms with E-state index in [9.17, 15) is 4.57 Å². The van der Waals surface area contributed by atoms with E-state index in [1.165, 1.54) is 0 Å². The van der Waals surface area contributed by atoms with Crippen molar-refractivity contribution in [1.82, 2.24) is 0 Å². The van der Waals surface area contributed by atoms with E-state index in [2.05, 4.69) is 0 Å². The standard InChI is InChI=1S/C6H15O2P.Zn/c1-3-5-9(7,8)6-4-2;/h3-6H2,1-2H3,(H,7,8);. The second-order valence-corrected chi connectivity index (χ2v) is 4.88. The van der Waals surface area contributed by atoms with E-state index in [1.807, 2.05) is 13.8 Å². The molecule has 0 aromatic carbocycles. The third-order valence-electron chi connectivity index (χ3n) is 1.15. The molecule has 0 atom stereocenters. The van der Waals surface area contributed by atoms with Gasteiger partial charge < -0.3 is 4.89 Å². The average Bonchev–Trinajstić information content (AvgIpc) is 1.64. The summed E-state index contributed by atoms with van der Waals surface area (Å²) in [4.78, 5) is 9.07. The van der Waals surface area contributed by atoms with E-state index in [0.29, 0.717) is 12.3 Å². The molecule has 0 aliphatic heterocycles. The predicted octanol–water partition coefficient (Wildman–Crippen LogP) is 2.07. The van der Waals surface area contributed by atoms with Gasteiger partial charge in [-0.05, 0) is 12.8 Å². The molecule has 4 heteroatoms. The molecule has 0 aromatic heterocycles. The fourth-order valence-electron chi connectivity index (χ4n) is 0.811. The molecule has 0 saturated carbocycles. The van der Waals surface area contributed by atoms with Crippen LogP contribution in [0.4, 0.5) is 0 Å². The summed E-state index contributed by atoms with van der Waals surface area (Å²) in [5.74, 6) is 0. The summed E-state index contributed by atoms with van der Waals surface area (Å²) in [5.41, 5.74) is 0. The fourth-order valence-corrected chi connectivity index (χ4v) is 2.43. The van der Waals surface area contributed by atoms with Crippen LogP contribution in [0.15, 0.2) is 0 Å². The molecule has 58 valence electrons. The quantitative estimate of drug-likeness (QED) is 0.576. The Morgan fingerprint density at radius 1 is 1.20 bits per heavy atom. The number of hydrogen-bond donors (Lipinski definition) is 1. The largest absolute Gasteiger partial charge is 0.344 e. The van der Waals surface area contributed by atoms with Gasteiger partial charge in [-0.1, -0.05) is 13.8 Å². The Morgan fingerprint density at radius 3 is 1.70 bits per heavy atom. The Hall–Kier alpha value is 0.813. The maximum Gasteiger partial charge on any atom is 0.200 e. The van der Waals surface area contributed by atoms with Crippen LogP contribution in [0.25, 0.3) is 0 Å². The van der Waals surface area contributed by atoms with E-state index in [4.69, 9.17) is 4.89 Å². The molecule has 2 nitrogen and oxygen atoms in total. The molecule has 0 bridgehead atoms. The zero-order valence-electron chi connectivity index (χ0n) is 6.84. The van der Waals surface area contributed by atoms with Crippen molar-refractivity contribution in [1.29, 1.82) is 0 Å². The van der Waals surface area contributed by atoms with E-state index in [0.717, 1.165) is 12.8 Å². The van der Waals surface area contributed by atoms with Gasteiger partial charge in [-0.25, -0.2) is 0 Å². The van der Waals surface area contributed by atoms with Crippen LogP contribution in [-0.4, -0.2) is 17.2 Å². The molecule has 0 heterocycles. The summed E-state index contributed by atoms with van der Waals surface area (Å²) < 4.78 is 11.0. The van der Waals surface area contributed by atoms with Crippen molar-refractivity contribution in [3.8, 4) is 0 Å². The molecule has 0 aliphatic rings. The smallest absolute Gasteiger partial charge is 0.200 e. The van der Waals surface area contributed by atoms with Crippen LogP contribution in [0, 0.1) is 0 Å². The molecule has 0 rings (SSSR count). The van der Waals surface area contributed by atoms with Crippen LogP contribution in [0.3, 0.4) is 0 Å². The van der Waals surface area contributed by atoms with Gasteiger partial charge in [0.1, 0.15) is 0 Å². The van der Waals surface area contributed by atoms with E-state index in [1.54, 1.807) is 0 Å². The Balaban J connectivity index is 0. The molecule has 10 heavy (non-hydrogen) atoms. The van der Waals surface area contributed by atoms with Crippen LogP contribution < -0.4 is 0 Å². The van der Waals surface area contributed by atoms with Gasteiger partial charge in [-0.3, -0.25) is 4.57 Å². The monoisotopic (exact) mass is 214 g/mol. The normalized spacial score (nSPS) is 10.7. The minimum absolute atomic E-state index is 0. The van der Waals surface area contributed by atoms with Gasteiger partial charge in [0.25, 0.3) is 0 Å². The second kappa shape index (κ2) is 6.52. The third-order valence-corrected chi connectivity index (χ3v) is 3.44. The van der Waals surface area contributed by atoms with E-state index < -0.39 is 7.37 Å².